The average molecular weight is 951 g/mol. The van der Waals surface area contributed by atoms with Gasteiger partial charge in [0.25, 0.3) is 0 Å². The Kier molecular flexibility index (Phi) is 10.2. The van der Waals surface area contributed by atoms with Crippen molar-refractivity contribution in [3.8, 4) is 45.8 Å². The van der Waals surface area contributed by atoms with Crippen molar-refractivity contribution in [3.63, 3.8) is 0 Å². The van der Waals surface area contributed by atoms with Crippen molar-refractivity contribution >= 4 is 43.6 Å². The molecule has 4 nitrogen and oxygen atoms in total. The lowest BCUT2D eigenvalue weighted by Gasteiger charge is -2.24. The van der Waals surface area contributed by atoms with Crippen molar-refractivity contribution in [1.29, 1.82) is 10.5 Å². The molecule has 0 unspecified atom stereocenters. The van der Waals surface area contributed by atoms with Gasteiger partial charge in [0.15, 0.2) is 0 Å². The molecule has 0 saturated heterocycles. The normalized spacial score (nSPS) is 12.9. The third-order valence-corrected chi connectivity index (χ3v) is 11.5. The summed E-state index contributed by atoms with van der Waals surface area (Å²) in [4.78, 5) is 0. The summed E-state index contributed by atoms with van der Waals surface area (Å²) in [6.07, 6.45) is -25.7. The molecule has 0 spiro atoms. The second-order valence-electron chi connectivity index (χ2n) is 15.5. The minimum Gasteiger partial charge on any atom is -0.309 e. The van der Waals surface area contributed by atoms with E-state index in [1.807, 2.05) is 12.1 Å². The van der Waals surface area contributed by atoms with E-state index in [2.05, 4.69) is 0 Å². The number of alkyl halides is 15. The van der Waals surface area contributed by atoms with Crippen LogP contribution in [0.15, 0.2) is 127 Å². The topological polar surface area (TPSA) is 57.4 Å². The first kappa shape index (κ1) is 45.2. The van der Waals surface area contributed by atoms with E-state index >= 15 is 13.2 Å². The van der Waals surface area contributed by atoms with Crippen LogP contribution in [0.5, 0.6) is 0 Å². The third kappa shape index (κ3) is 7.47. The van der Waals surface area contributed by atoms with E-state index in [0.717, 1.165) is 47.0 Å². The lowest BCUT2D eigenvalue weighted by molar-refractivity contribution is -0.143. The van der Waals surface area contributed by atoms with Crippen LogP contribution in [0.3, 0.4) is 0 Å². The first-order valence-corrected chi connectivity index (χ1v) is 19.6. The van der Waals surface area contributed by atoms with E-state index in [1.54, 1.807) is 0 Å². The molecule has 7 aromatic carbocycles. The molecule has 0 aliphatic rings. The van der Waals surface area contributed by atoms with Gasteiger partial charge in [-0.15, -0.1) is 0 Å². The summed E-state index contributed by atoms with van der Waals surface area (Å²) in [7, 11) is 0. The van der Waals surface area contributed by atoms with Crippen LogP contribution < -0.4 is 0 Å². The van der Waals surface area contributed by atoms with Gasteiger partial charge in [-0.2, -0.15) is 76.4 Å². The summed E-state index contributed by atoms with van der Waals surface area (Å²) in [5.74, 6) is 0. The van der Waals surface area contributed by atoms with E-state index in [-0.39, 0.29) is 67.0 Å². The standard InChI is InChI=1S/C49H21F15N4/c50-45(51,52)26-9-14-38-33(18-26)32-17-24(22-65)7-13-37(32)67(38)41-5-1-3-25(23-66)43(41)44-31(30-12-8-29(48(59,60)61)21-36(30)49(62,63)64)4-2-6-42(44)68-39-15-10-27(46(53,54)55)19-34(39)35-20-28(47(56,57)58)11-16-40(35)68/h1-21H. The Balaban J connectivity index is 1.50. The Labute approximate surface area is 371 Å². The molecule has 0 bridgehead atoms. The molecule has 0 radical (unpaired) electrons. The van der Waals surface area contributed by atoms with E-state index in [4.69, 9.17) is 0 Å². The van der Waals surface area contributed by atoms with Gasteiger partial charge >= 0.3 is 30.9 Å². The SMILES string of the molecule is N#Cc1ccc2c(c1)c1cc(C(F)(F)F)ccc1n2-c1cccc(C#N)c1-c1c(-c2ccc(C(F)(F)F)cc2C(F)(F)F)cccc1-n1c2ccc(C(F)(F)F)cc2c2cc(C(F)(F)F)ccc21. The van der Waals surface area contributed by atoms with E-state index < -0.39 is 86.2 Å². The number of fused-ring (bicyclic) bond motifs is 6. The van der Waals surface area contributed by atoms with Crippen LogP contribution in [-0.4, -0.2) is 9.13 Å². The Morgan fingerprint density at radius 1 is 0.353 bits per heavy atom. The van der Waals surface area contributed by atoms with Gasteiger partial charge in [-0.3, -0.25) is 0 Å². The summed E-state index contributed by atoms with van der Waals surface area (Å²) >= 11 is 0. The van der Waals surface area contributed by atoms with Gasteiger partial charge in [0.2, 0.25) is 0 Å². The van der Waals surface area contributed by atoms with Gasteiger partial charge < -0.3 is 9.13 Å². The molecule has 2 aromatic heterocycles. The van der Waals surface area contributed by atoms with E-state index in [0.29, 0.717) is 36.4 Å². The molecule has 9 rings (SSSR count). The average Bonchev–Trinajstić information content (AvgIpc) is 3.78. The van der Waals surface area contributed by atoms with Crippen LogP contribution in [0.25, 0.3) is 77.2 Å². The molecule has 68 heavy (non-hydrogen) atoms. The predicted octanol–water partition coefficient (Wildman–Crippen LogP) is 16.1. The number of aromatic nitrogens is 2. The summed E-state index contributed by atoms with van der Waals surface area (Å²) in [6, 6.07) is 22.7. The first-order chi connectivity index (χ1) is 31.8. The summed E-state index contributed by atoms with van der Waals surface area (Å²) in [5.41, 5.74) is -10.5. The van der Waals surface area contributed by atoms with Crippen LogP contribution in [0.1, 0.15) is 38.9 Å². The number of rotatable bonds is 4. The number of nitriles is 2. The molecule has 0 amide bonds. The summed E-state index contributed by atoms with van der Waals surface area (Å²) in [6.45, 7) is 0. The molecule has 0 saturated carbocycles. The molecule has 9 aromatic rings. The second-order valence-corrected chi connectivity index (χ2v) is 15.5. The smallest absolute Gasteiger partial charge is 0.309 e. The molecule has 0 aliphatic heterocycles. The van der Waals surface area contributed by atoms with Gasteiger partial charge in [0.1, 0.15) is 0 Å². The van der Waals surface area contributed by atoms with Gasteiger partial charge in [0, 0.05) is 32.7 Å². The lowest BCUT2D eigenvalue weighted by Crippen LogP contribution is -2.13. The van der Waals surface area contributed by atoms with Crippen molar-refractivity contribution in [2.24, 2.45) is 0 Å². The van der Waals surface area contributed by atoms with Crippen molar-refractivity contribution in [3.05, 3.63) is 166 Å². The molecule has 0 N–H and O–H groups in total. The quantitative estimate of drug-likeness (QED) is 0.165. The minimum atomic E-state index is -5.52. The highest BCUT2D eigenvalue weighted by Crippen LogP contribution is 2.50. The second kappa shape index (κ2) is 15.3. The molecule has 0 fully saturated rings. The van der Waals surface area contributed by atoms with Gasteiger partial charge in [-0.25, -0.2) is 0 Å². The van der Waals surface area contributed by atoms with Crippen molar-refractivity contribution in [2.45, 2.75) is 30.9 Å². The fraction of sp³-hybridized carbons (Fsp3) is 0.102. The zero-order chi connectivity index (χ0) is 49.0. The van der Waals surface area contributed by atoms with Crippen LogP contribution in [0, 0.1) is 22.7 Å². The summed E-state index contributed by atoms with van der Waals surface area (Å²) < 4.78 is 218. The highest BCUT2D eigenvalue weighted by atomic mass is 19.4. The Morgan fingerprint density at radius 3 is 1.18 bits per heavy atom. The maximum atomic E-state index is 15.2. The number of halogens is 15. The van der Waals surface area contributed by atoms with Gasteiger partial charge in [-0.05, 0) is 114 Å². The first-order valence-electron chi connectivity index (χ1n) is 19.6. The molecule has 0 atom stereocenters. The Morgan fingerprint density at radius 2 is 0.750 bits per heavy atom. The largest absolute Gasteiger partial charge is 0.417 e. The Bertz CT molecular complexity index is 3570. The van der Waals surface area contributed by atoms with E-state index in [1.165, 1.54) is 47.0 Å². The maximum absolute atomic E-state index is 15.2. The maximum Gasteiger partial charge on any atom is 0.417 e. The molecule has 19 heteroatoms. The van der Waals surface area contributed by atoms with Crippen LogP contribution >= 0.6 is 0 Å². The molecule has 342 valence electrons. The minimum absolute atomic E-state index is 0.000181. The van der Waals surface area contributed by atoms with Crippen LogP contribution in [0.4, 0.5) is 65.9 Å². The monoisotopic (exact) mass is 950 g/mol. The van der Waals surface area contributed by atoms with Gasteiger partial charge in [0.05, 0.1) is 84.5 Å². The molecular weight excluding hydrogens is 930 g/mol. The van der Waals surface area contributed by atoms with Gasteiger partial charge in [-0.1, -0.05) is 24.3 Å². The lowest BCUT2D eigenvalue weighted by atomic mass is 9.86. The summed E-state index contributed by atoms with van der Waals surface area (Å²) in [5, 5.41) is 19.8. The number of benzene rings is 7. The van der Waals surface area contributed by atoms with Crippen LogP contribution in [0.2, 0.25) is 0 Å². The fourth-order valence-electron chi connectivity index (χ4n) is 8.65. The van der Waals surface area contributed by atoms with Crippen LogP contribution in [-0.2, 0) is 30.9 Å². The van der Waals surface area contributed by atoms with Crippen molar-refractivity contribution in [2.75, 3.05) is 0 Å². The fourth-order valence-corrected chi connectivity index (χ4v) is 8.65. The molecule has 0 aliphatic carbocycles. The van der Waals surface area contributed by atoms with E-state index in [9.17, 15) is 63.2 Å². The highest BCUT2D eigenvalue weighted by molar-refractivity contribution is 6.13. The molecular formula is C49H21F15N4. The zero-order valence-electron chi connectivity index (χ0n) is 33.6. The highest BCUT2D eigenvalue weighted by Gasteiger charge is 2.40. The van der Waals surface area contributed by atoms with Crippen molar-refractivity contribution < 1.29 is 65.9 Å². The van der Waals surface area contributed by atoms with Crippen molar-refractivity contribution in [1.82, 2.24) is 9.13 Å². The number of nitrogens with zero attached hydrogens (tertiary/aromatic N) is 4. The Hall–Kier alpha value is -7.93. The molecule has 2 heterocycles. The number of hydrogen-bond donors (Lipinski definition) is 0. The predicted molar refractivity (Wildman–Crippen MR) is 220 cm³/mol. The third-order valence-electron chi connectivity index (χ3n) is 11.5. The zero-order valence-corrected chi connectivity index (χ0v) is 33.6. The number of hydrogen-bond acceptors (Lipinski definition) is 2.